The smallest absolute Gasteiger partial charge is 0.145 e. The summed E-state index contributed by atoms with van der Waals surface area (Å²) in [4.78, 5) is 2.44. The maximum atomic E-state index is 7.26. The van der Waals surface area contributed by atoms with Crippen LogP contribution in [0.4, 0.5) is 17.1 Å². The Morgan fingerprint density at radius 1 is 0.339 bits per heavy atom. The molecule has 1 heterocycles. The quantitative estimate of drug-likeness (QED) is 0.157. The Hall–Kier alpha value is -7.68. The largest absolute Gasteiger partial charge is 0.455 e. The zero-order valence-electron chi connectivity index (χ0n) is 32.2. The first-order chi connectivity index (χ1) is 29.3. The van der Waals surface area contributed by atoms with Crippen LogP contribution >= 0.6 is 0 Å². The molecule has 276 valence electrons. The van der Waals surface area contributed by atoms with Crippen molar-refractivity contribution in [3.8, 4) is 22.3 Å². The summed E-state index contributed by atoms with van der Waals surface area (Å²) >= 11 is 0. The molecule has 0 saturated carbocycles. The van der Waals surface area contributed by atoms with Crippen LogP contribution in [0.3, 0.4) is 0 Å². The van der Waals surface area contributed by atoms with Gasteiger partial charge in [0.25, 0.3) is 0 Å². The minimum absolute atomic E-state index is 0.531. The van der Waals surface area contributed by atoms with Gasteiger partial charge in [0.05, 0.1) is 16.5 Å². The Morgan fingerprint density at radius 2 is 0.864 bits per heavy atom. The molecule has 1 aliphatic rings. The highest BCUT2D eigenvalue weighted by molar-refractivity contribution is 6.33. The van der Waals surface area contributed by atoms with E-state index in [-0.39, 0.29) is 0 Å². The van der Waals surface area contributed by atoms with Gasteiger partial charge in [0.1, 0.15) is 11.2 Å². The Labute approximate surface area is 342 Å². The van der Waals surface area contributed by atoms with Gasteiger partial charge >= 0.3 is 0 Å². The molecule has 59 heavy (non-hydrogen) atoms. The van der Waals surface area contributed by atoms with Crippen molar-refractivity contribution in [2.45, 2.75) is 5.41 Å². The highest BCUT2D eigenvalue weighted by Crippen LogP contribution is 2.58. The van der Waals surface area contributed by atoms with Crippen molar-refractivity contribution < 1.29 is 4.42 Å². The summed E-state index contributed by atoms with van der Waals surface area (Å²) in [5.41, 5.74) is 14.2. The molecule has 1 aromatic heterocycles. The van der Waals surface area contributed by atoms with Gasteiger partial charge < -0.3 is 9.32 Å². The van der Waals surface area contributed by atoms with Gasteiger partial charge in [-0.05, 0) is 91.5 Å². The van der Waals surface area contributed by atoms with Gasteiger partial charge in [0.2, 0.25) is 0 Å². The van der Waals surface area contributed by atoms with Gasteiger partial charge in [0.15, 0.2) is 0 Å². The number of para-hydroxylation sites is 1. The molecule has 0 fully saturated rings. The molecule has 1 aliphatic carbocycles. The molecular weight excluding hydrogens is 715 g/mol. The average molecular weight is 752 g/mol. The lowest BCUT2D eigenvalue weighted by molar-refractivity contribution is 0.674. The van der Waals surface area contributed by atoms with Crippen LogP contribution in [0.15, 0.2) is 229 Å². The van der Waals surface area contributed by atoms with E-state index in [1.165, 1.54) is 49.5 Å². The van der Waals surface area contributed by atoms with Crippen LogP contribution < -0.4 is 4.90 Å². The normalized spacial score (nSPS) is 12.9. The van der Waals surface area contributed by atoms with Crippen molar-refractivity contribution in [2.75, 3.05) is 4.90 Å². The molecule has 2 heteroatoms. The molecule has 0 aliphatic heterocycles. The molecule has 12 rings (SSSR count). The van der Waals surface area contributed by atoms with E-state index in [0.29, 0.717) is 0 Å². The molecule has 0 bridgehead atoms. The summed E-state index contributed by atoms with van der Waals surface area (Å²) in [6.07, 6.45) is 0. The van der Waals surface area contributed by atoms with E-state index >= 15 is 0 Å². The summed E-state index contributed by atoms with van der Waals surface area (Å²) in [7, 11) is 0. The van der Waals surface area contributed by atoms with Gasteiger partial charge in [-0.15, -0.1) is 0 Å². The zero-order chi connectivity index (χ0) is 38.9. The molecule has 2 nitrogen and oxygen atoms in total. The number of benzene rings is 10. The van der Waals surface area contributed by atoms with Crippen LogP contribution in [-0.2, 0) is 5.41 Å². The molecule has 11 aromatic rings. The molecule has 0 radical (unpaired) electrons. The lowest BCUT2D eigenvalue weighted by Gasteiger charge is -2.35. The first-order valence-corrected chi connectivity index (χ1v) is 20.4. The Bertz CT molecular complexity index is 3330. The summed E-state index contributed by atoms with van der Waals surface area (Å²) in [5.74, 6) is 0. The van der Waals surface area contributed by atoms with E-state index in [0.717, 1.165) is 55.5 Å². The molecule has 10 aromatic carbocycles. The summed E-state index contributed by atoms with van der Waals surface area (Å²) in [6.45, 7) is 0. The maximum absolute atomic E-state index is 7.26. The first kappa shape index (κ1) is 33.5. The fraction of sp³-hybridized carbons (Fsp3) is 0.0175. The second-order valence-corrected chi connectivity index (χ2v) is 15.5. The molecule has 0 saturated heterocycles. The Morgan fingerprint density at radius 3 is 1.56 bits per heavy atom. The topological polar surface area (TPSA) is 16.4 Å². The van der Waals surface area contributed by atoms with Gasteiger partial charge in [-0.1, -0.05) is 188 Å². The predicted octanol–water partition coefficient (Wildman–Crippen LogP) is 15.4. The van der Waals surface area contributed by atoms with Crippen molar-refractivity contribution in [3.63, 3.8) is 0 Å². The van der Waals surface area contributed by atoms with Crippen molar-refractivity contribution in [2.24, 2.45) is 0 Å². The highest BCUT2D eigenvalue weighted by atomic mass is 16.3. The lowest BCUT2D eigenvalue weighted by atomic mass is 9.67. The summed E-state index contributed by atoms with van der Waals surface area (Å²) in [6, 6.07) is 81.6. The van der Waals surface area contributed by atoms with Crippen LogP contribution in [0.2, 0.25) is 0 Å². The molecular formula is C57H37NO. The van der Waals surface area contributed by atoms with Crippen molar-refractivity contribution in [3.05, 3.63) is 247 Å². The maximum Gasteiger partial charge on any atom is 0.145 e. The van der Waals surface area contributed by atoms with E-state index < -0.39 is 5.41 Å². The van der Waals surface area contributed by atoms with Crippen molar-refractivity contribution >= 4 is 60.5 Å². The number of furan rings is 1. The van der Waals surface area contributed by atoms with Crippen LogP contribution in [0.5, 0.6) is 0 Å². The lowest BCUT2D eigenvalue weighted by Crippen LogP contribution is -2.28. The van der Waals surface area contributed by atoms with Gasteiger partial charge in [-0.2, -0.15) is 0 Å². The highest BCUT2D eigenvalue weighted by Gasteiger charge is 2.46. The van der Waals surface area contributed by atoms with Crippen LogP contribution in [0.1, 0.15) is 22.3 Å². The first-order valence-electron chi connectivity index (χ1n) is 20.4. The fourth-order valence-corrected chi connectivity index (χ4v) is 10.1. The van der Waals surface area contributed by atoms with Gasteiger partial charge in [-0.3, -0.25) is 0 Å². The standard InChI is InChI=1S/C57H37NO/c1-5-19-38(20-6-1)43-35-36-52(54-53-48-30-15-13-27-44(48)45-28-14-16-31-49(45)56(53)59-55(43)54)58(41-25-11-4-12-26-41)42-33-34-47-46-29-17-18-32-50(46)57(51(47)37-42,39-21-7-2-8-22-39)40-23-9-3-10-24-40/h1-37H. The second-order valence-electron chi connectivity index (χ2n) is 15.5. The molecule has 0 amide bonds. The predicted molar refractivity (Wildman–Crippen MR) is 246 cm³/mol. The van der Waals surface area contributed by atoms with E-state index in [1.54, 1.807) is 0 Å². The number of fused-ring (bicyclic) bond motifs is 11. The monoisotopic (exact) mass is 751 g/mol. The number of rotatable bonds is 6. The minimum Gasteiger partial charge on any atom is -0.455 e. The number of nitrogens with zero attached hydrogens (tertiary/aromatic N) is 1. The summed E-state index contributed by atoms with van der Waals surface area (Å²) in [5, 5.41) is 6.91. The third kappa shape index (κ3) is 4.87. The van der Waals surface area contributed by atoms with Crippen LogP contribution in [0.25, 0.3) is 65.7 Å². The minimum atomic E-state index is -0.531. The number of hydrogen-bond donors (Lipinski definition) is 0. The van der Waals surface area contributed by atoms with E-state index in [1.807, 2.05) is 0 Å². The van der Waals surface area contributed by atoms with Crippen LogP contribution in [0, 0.1) is 0 Å². The molecule has 0 unspecified atom stereocenters. The van der Waals surface area contributed by atoms with Crippen molar-refractivity contribution in [1.29, 1.82) is 0 Å². The third-order valence-electron chi connectivity index (χ3n) is 12.5. The fourth-order valence-electron chi connectivity index (χ4n) is 10.1. The third-order valence-corrected chi connectivity index (χ3v) is 12.5. The molecule has 0 atom stereocenters. The Balaban J connectivity index is 1.21. The second kappa shape index (κ2) is 13.2. The average Bonchev–Trinajstić information content (AvgIpc) is 3.86. The van der Waals surface area contributed by atoms with E-state index in [2.05, 4.69) is 229 Å². The SMILES string of the molecule is c1ccc(-c2ccc(N(c3ccccc3)c3ccc4c(c3)C(c3ccccc3)(c3ccccc3)c3ccccc3-4)c3c2oc2c4ccccc4c4ccccc4c23)cc1. The van der Waals surface area contributed by atoms with Crippen LogP contribution in [-0.4, -0.2) is 0 Å². The van der Waals surface area contributed by atoms with Gasteiger partial charge in [-0.25, -0.2) is 0 Å². The van der Waals surface area contributed by atoms with E-state index in [4.69, 9.17) is 4.42 Å². The zero-order valence-corrected chi connectivity index (χ0v) is 32.2. The molecule has 0 spiro atoms. The number of anilines is 3. The van der Waals surface area contributed by atoms with Gasteiger partial charge in [0, 0.05) is 27.7 Å². The summed E-state index contributed by atoms with van der Waals surface area (Å²) < 4.78 is 7.26. The van der Waals surface area contributed by atoms with Crippen molar-refractivity contribution in [1.82, 2.24) is 0 Å². The van der Waals surface area contributed by atoms with E-state index in [9.17, 15) is 0 Å². The number of hydrogen-bond acceptors (Lipinski definition) is 2. The molecule has 0 N–H and O–H groups in total. The Kier molecular flexibility index (Phi) is 7.48.